The van der Waals surface area contributed by atoms with E-state index in [4.69, 9.17) is 9.47 Å². The van der Waals surface area contributed by atoms with E-state index in [1.165, 1.54) is 0 Å². The number of rotatable bonds is 4. The summed E-state index contributed by atoms with van der Waals surface area (Å²) in [7, 11) is 1.54. The molecule has 0 spiro atoms. The summed E-state index contributed by atoms with van der Waals surface area (Å²) < 4.78 is 10.4. The zero-order valence-electron chi connectivity index (χ0n) is 14.8. The molecule has 2 amide bonds. The Labute approximate surface area is 143 Å². The third-order valence-corrected chi connectivity index (χ3v) is 4.06. The predicted octanol–water partition coefficient (Wildman–Crippen LogP) is 1.55. The molecule has 1 aliphatic heterocycles. The molecule has 1 aliphatic rings. The molecule has 0 bridgehead atoms. The van der Waals surface area contributed by atoms with Crippen LogP contribution in [-0.4, -0.2) is 56.4 Å². The van der Waals surface area contributed by atoms with Gasteiger partial charge in [0.1, 0.15) is 0 Å². The number of amides is 2. The second kappa shape index (κ2) is 7.77. The highest BCUT2D eigenvalue weighted by molar-refractivity contribution is 5.96. The highest BCUT2D eigenvalue weighted by Gasteiger charge is 2.24. The number of methoxy groups -OCH3 is 1. The normalized spacial score (nSPS) is 18.3. The Bertz CT molecular complexity index is 578. The van der Waals surface area contributed by atoms with Gasteiger partial charge in [-0.2, -0.15) is 0 Å². The highest BCUT2D eigenvalue weighted by atomic mass is 16.7. The third-order valence-electron chi connectivity index (χ3n) is 4.06. The number of nitrogens with one attached hydrogen (secondary N) is 1. The maximum Gasteiger partial charge on any atom is 0.251 e. The standard InChI is InChI=1S/C18H26N2O4/c1-18(2,3)14-7-5-13(6-8-14)17(22)19-11-15(21)20-9-10-24-16(12-20)23-4/h5-8,16H,9-12H2,1-4H3,(H,19,22)/t16-/m0/s1. The second-order valence-corrected chi connectivity index (χ2v) is 6.89. The lowest BCUT2D eigenvalue weighted by molar-refractivity contribution is -0.174. The van der Waals surface area contributed by atoms with E-state index >= 15 is 0 Å². The van der Waals surface area contributed by atoms with Gasteiger partial charge < -0.3 is 19.7 Å². The zero-order valence-corrected chi connectivity index (χ0v) is 14.8. The number of ether oxygens (including phenoxy) is 2. The van der Waals surface area contributed by atoms with Crippen molar-refractivity contribution in [1.82, 2.24) is 10.2 Å². The van der Waals surface area contributed by atoms with Crippen LogP contribution in [0.4, 0.5) is 0 Å². The minimum Gasteiger partial charge on any atom is -0.354 e. The Morgan fingerprint density at radius 3 is 2.54 bits per heavy atom. The molecule has 1 N–H and O–H groups in total. The van der Waals surface area contributed by atoms with Crippen molar-refractivity contribution >= 4 is 11.8 Å². The van der Waals surface area contributed by atoms with E-state index in [9.17, 15) is 9.59 Å². The quantitative estimate of drug-likeness (QED) is 0.907. The van der Waals surface area contributed by atoms with Crippen molar-refractivity contribution < 1.29 is 19.1 Å². The van der Waals surface area contributed by atoms with Gasteiger partial charge in [0.15, 0.2) is 6.29 Å². The molecule has 1 fully saturated rings. The molecule has 1 aromatic carbocycles. The molecular weight excluding hydrogens is 308 g/mol. The number of hydrogen-bond donors (Lipinski definition) is 1. The summed E-state index contributed by atoms with van der Waals surface area (Å²) in [6, 6.07) is 7.47. The highest BCUT2D eigenvalue weighted by Crippen LogP contribution is 2.22. The molecule has 1 aromatic rings. The van der Waals surface area contributed by atoms with E-state index < -0.39 is 6.29 Å². The molecular formula is C18H26N2O4. The van der Waals surface area contributed by atoms with Gasteiger partial charge in [-0.05, 0) is 23.1 Å². The molecule has 6 heteroatoms. The van der Waals surface area contributed by atoms with Gasteiger partial charge in [0, 0.05) is 19.2 Å². The molecule has 0 aromatic heterocycles. The number of carbonyl (C=O) groups excluding carboxylic acids is 2. The SMILES string of the molecule is CO[C@@H]1CN(C(=O)CNC(=O)c2ccc(C(C)(C)C)cc2)CCO1. The summed E-state index contributed by atoms with van der Waals surface area (Å²) in [6.45, 7) is 7.66. The van der Waals surface area contributed by atoms with Crippen molar-refractivity contribution in [2.45, 2.75) is 32.5 Å². The molecule has 1 atom stereocenters. The Balaban J connectivity index is 1.87. The molecule has 1 heterocycles. The Hall–Kier alpha value is -1.92. The van der Waals surface area contributed by atoms with Crippen molar-refractivity contribution in [2.24, 2.45) is 0 Å². The maximum absolute atomic E-state index is 12.2. The molecule has 1 saturated heterocycles. The van der Waals surface area contributed by atoms with Crippen molar-refractivity contribution in [2.75, 3.05) is 33.4 Å². The first-order valence-corrected chi connectivity index (χ1v) is 8.12. The first kappa shape index (κ1) is 18.4. The molecule has 0 saturated carbocycles. The van der Waals surface area contributed by atoms with Crippen molar-refractivity contribution in [3.63, 3.8) is 0 Å². The fourth-order valence-corrected chi connectivity index (χ4v) is 2.48. The van der Waals surface area contributed by atoms with Crippen molar-refractivity contribution in [3.05, 3.63) is 35.4 Å². The minimum atomic E-state index is -0.400. The van der Waals surface area contributed by atoms with E-state index in [-0.39, 0.29) is 23.8 Å². The average Bonchev–Trinajstić information content (AvgIpc) is 2.58. The second-order valence-electron chi connectivity index (χ2n) is 6.89. The van der Waals surface area contributed by atoms with E-state index in [1.54, 1.807) is 24.1 Å². The molecule has 0 unspecified atom stereocenters. The third kappa shape index (κ3) is 4.79. The lowest BCUT2D eigenvalue weighted by atomic mass is 9.87. The van der Waals surface area contributed by atoms with Gasteiger partial charge in [-0.3, -0.25) is 9.59 Å². The van der Waals surface area contributed by atoms with Crippen LogP contribution < -0.4 is 5.32 Å². The molecule has 6 nitrogen and oxygen atoms in total. The van der Waals surface area contributed by atoms with Crippen LogP contribution in [0, 0.1) is 0 Å². The molecule has 24 heavy (non-hydrogen) atoms. The first-order chi connectivity index (χ1) is 11.3. The zero-order chi connectivity index (χ0) is 17.7. The summed E-state index contributed by atoms with van der Waals surface area (Å²) in [6.07, 6.45) is -0.400. The van der Waals surface area contributed by atoms with Crippen molar-refractivity contribution in [3.8, 4) is 0 Å². The van der Waals surface area contributed by atoms with Crippen LogP contribution in [0.2, 0.25) is 0 Å². The van der Waals surface area contributed by atoms with Gasteiger partial charge in [-0.25, -0.2) is 0 Å². The van der Waals surface area contributed by atoms with Crippen LogP contribution in [0.5, 0.6) is 0 Å². The van der Waals surface area contributed by atoms with Crippen LogP contribution in [-0.2, 0) is 19.7 Å². The fraction of sp³-hybridized carbons (Fsp3) is 0.556. The van der Waals surface area contributed by atoms with Gasteiger partial charge in [0.05, 0.1) is 19.7 Å². The van der Waals surface area contributed by atoms with Crippen LogP contribution in [0.15, 0.2) is 24.3 Å². The number of carbonyl (C=O) groups is 2. The van der Waals surface area contributed by atoms with Crippen LogP contribution in [0.25, 0.3) is 0 Å². The van der Waals surface area contributed by atoms with E-state index in [0.717, 1.165) is 5.56 Å². The first-order valence-electron chi connectivity index (χ1n) is 8.12. The lowest BCUT2D eigenvalue weighted by Crippen LogP contribution is -2.49. The lowest BCUT2D eigenvalue weighted by Gasteiger charge is -2.32. The van der Waals surface area contributed by atoms with Crippen LogP contribution in [0.1, 0.15) is 36.7 Å². The number of nitrogens with zero attached hydrogens (tertiary/aromatic N) is 1. The Morgan fingerprint density at radius 1 is 1.29 bits per heavy atom. The largest absolute Gasteiger partial charge is 0.354 e. The van der Waals surface area contributed by atoms with Gasteiger partial charge in [-0.1, -0.05) is 32.9 Å². The summed E-state index contributed by atoms with van der Waals surface area (Å²) in [5, 5.41) is 2.68. The van der Waals surface area contributed by atoms with Crippen molar-refractivity contribution in [1.29, 1.82) is 0 Å². The van der Waals surface area contributed by atoms with E-state index in [0.29, 0.717) is 25.3 Å². The molecule has 2 rings (SSSR count). The van der Waals surface area contributed by atoms with Gasteiger partial charge in [-0.15, -0.1) is 0 Å². The van der Waals surface area contributed by atoms with Crippen LogP contribution >= 0.6 is 0 Å². The average molecular weight is 334 g/mol. The molecule has 0 radical (unpaired) electrons. The Morgan fingerprint density at radius 2 is 1.96 bits per heavy atom. The topological polar surface area (TPSA) is 67.9 Å². The summed E-state index contributed by atoms with van der Waals surface area (Å²) in [5.74, 6) is -0.389. The molecule has 0 aliphatic carbocycles. The smallest absolute Gasteiger partial charge is 0.251 e. The minimum absolute atomic E-state index is 0.0315. The maximum atomic E-state index is 12.2. The summed E-state index contributed by atoms with van der Waals surface area (Å²) in [5.41, 5.74) is 1.75. The van der Waals surface area contributed by atoms with Gasteiger partial charge in [0.25, 0.3) is 5.91 Å². The Kier molecular flexibility index (Phi) is 5.96. The molecule has 132 valence electrons. The van der Waals surface area contributed by atoms with Gasteiger partial charge >= 0.3 is 0 Å². The summed E-state index contributed by atoms with van der Waals surface area (Å²) >= 11 is 0. The van der Waals surface area contributed by atoms with Gasteiger partial charge in [0.2, 0.25) is 5.91 Å². The van der Waals surface area contributed by atoms with Crippen LogP contribution in [0.3, 0.4) is 0 Å². The summed E-state index contributed by atoms with van der Waals surface area (Å²) in [4.78, 5) is 26.0. The van der Waals surface area contributed by atoms with E-state index in [2.05, 4.69) is 26.1 Å². The number of benzene rings is 1. The predicted molar refractivity (Wildman–Crippen MR) is 90.8 cm³/mol. The van der Waals surface area contributed by atoms with E-state index in [1.807, 2.05) is 12.1 Å². The monoisotopic (exact) mass is 334 g/mol. The number of morpholine rings is 1. The fourth-order valence-electron chi connectivity index (χ4n) is 2.48. The number of hydrogen-bond acceptors (Lipinski definition) is 4.